The Morgan fingerprint density at radius 2 is 1.96 bits per heavy atom. The Kier molecular flexibility index (Phi) is 5.43. The average molecular weight is 350 g/mol. The van der Waals surface area contributed by atoms with Crippen molar-refractivity contribution in [1.82, 2.24) is 4.98 Å². The summed E-state index contributed by atoms with van der Waals surface area (Å²) in [6.45, 7) is 1.68. The van der Waals surface area contributed by atoms with E-state index in [9.17, 15) is 9.59 Å². The molecule has 1 amide bonds. The number of nitrogens with zero attached hydrogens (tertiary/aromatic N) is 1. The largest absolute Gasteiger partial charge is 0.484 e. The van der Waals surface area contributed by atoms with Crippen molar-refractivity contribution in [1.29, 1.82) is 0 Å². The monoisotopic (exact) mass is 350 g/mol. The standard InChI is InChI=1S/C20H18N2O4/c1-2-18(23)14-6-8-17(9-7-14)25-12-20(24)22-16-5-3-4-15(10-16)19-11-21-13-26-19/h3-11,13H,2,12H2,1H3,(H,22,24). The fraction of sp³-hybridized carbons (Fsp3) is 0.150. The van der Waals surface area contributed by atoms with Crippen molar-refractivity contribution in [2.45, 2.75) is 13.3 Å². The molecule has 0 atom stereocenters. The SMILES string of the molecule is CCC(=O)c1ccc(OCC(=O)Nc2cccc(-c3cnco3)c2)cc1. The van der Waals surface area contributed by atoms with Gasteiger partial charge >= 0.3 is 0 Å². The number of benzene rings is 2. The Morgan fingerprint density at radius 1 is 1.15 bits per heavy atom. The number of Topliss-reactive ketones (excluding diaryl/α,β-unsaturated/α-hetero) is 1. The lowest BCUT2D eigenvalue weighted by Crippen LogP contribution is -2.20. The fourth-order valence-electron chi connectivity index (χ4n) is 2.40. The van der Waals surface area contributed by atoms with Crippen molar-refractivity contribution in [3.8, 4) is 17.1 Å². The Labute approximate surface area is 150 Å². The lowest BCUT2D eigenvalue weighted by molar-refractivity contribution is -0.118. The number of rotatable bonds is 7. The normalized spacial score (nSPS) is 10.3. The highest BCUT2D eigenvalue weighted by Crippen LogP contribution is 2.22. The molecule has 132 valence electrons. The van der Waals surface area contributed by atoms with E-state index in [1.54, 1.807) is 42.6 Å². The van der Waals surface area contributed by atoms with Gasteiger partial charge in [0.25, 0.3) is 5.91 Å². The number of carbonyl (C=O) groups excluding carboxylic acids is 2. The van der Waals surface area contributed by atoms with E-state index in [1.807, 2.05) is 19.1 Å². The van der Waals surface area contributed by atoms with Gasteiger partial charge in [0.15, 0.2) is 24.5 Å². The van der Waals surface area contributed by atoms with E-state index in [2.05, 4.69) is 10.3 Å². The molecule has 0 fully saturated rings. The first-order valence-electron chi connectivity index (χ1n) is 8.20. The Bertz CT molecular complexity index is 886. The topological polar surface area (TPSA) is 81.4 Å². The molecule has 0 aliphatic carbocycles. The van der Waals surface area contributed by atoms with Crippen molar-refractivity contribution >= 4 is 17.4 Å². The Balaban J connectivity index is 1.56. The molecule has 0 spiro atoms. The van der Waals surface area contributed by atoms with Crippen LogP contribution >= 0.6 is 0 Å². The van der Waals surface area contributed by atoms with Gasteiger partial charge in [0, 0.05) is 23.2 Å². The van der Waals surface area contributed by atoms with Crippen LogP contribution in [0.1, 0.15) is 23.7 Å². The van der Waals surface area contributed by atoms with Crippen LogP contribution in [0.3, 0.4) is 0 Å². The number of ether oxygens (including phenoxy) is 1. The number of hydrogen-bond acceptors (Lipinski definition) is 5. The van der Waals surface area contributed by atoms with Crippen LogP contribution in [0.15, 0.2) is 65.5 Å². The van der Waals surface area contributed by atoms with E-state index < -0.39 is 0 Å². The van der Waals surface area contributed by atoms with Crippen LogP contribution in [0.2, 0.25) is 0 Å². The van der Waals surface area contributed by atoms with Gasteiger partial charge in [-0.1, -0.05) is 19.1 Å². The molecule has 26 heavy (non-hydrogen) atoms. The van der Waals surface area contributed by atoms with Crippen molar-refractivity contribution in [3.05, 3.63) is 66.7 Å². The van der Waals surface area contributed by atoms with Crippen LogP contribution in [0.4, 0.5) is 5.69 Å². The van der Waals surface area contributed by atoms with E-state index in [0.717, 1.165) is 5.56 Å². The van der Waals surface area contributed by atoms with E-state index in [4.69, 9.17) is 9.15 Å². The molecule has 1 aromatic heterocycles. The molecule has 0 saturated carbocycles. The number of carbonyl (C=O) groups is 2. The number of aromatic nitrogens is 1. The van der Waals surface area contributed by atoms with E-state index >= 15 is 0 Å². The van der Waals surface area contributed by atoms with Crippen molar-refractivity contribution in [3.63, 3.8) is 0 Å². The molecule has 1 N–H and O–H groups in total. The highest BCUT2D eigenvalue weighted by molar-refractivity contribution is 5.96. The average Bonchev–Trinajstić information content (AvgIpc) is 3.21. The van der Waals surface area contributed by atoms with Gasteiger partial charge in [0.2, 0.25) is 0 Å². The summed E-state index contributed by atoms with van der Waals surface area (Å²) in [5.41, 5.74) is 2.09. The lowest BCUT2D eigenvalue weighted by atomic mass is 10.1. The molecule has 0 aliphatic rings. The molecular weight excluding hydrogens is 332 g/mol. The predicted octanol–water partition coefficient (Wildman–Crippen LogP) is 3.95. The second-order valence-corrected chi connectivity index (χ2v) is 5.58. The molecule has 0 radical (unpaired) electrons. The molecule has 0 aliphatic heterocycles. The molecular formula is C20H18N2O4. The maximum absolute atomic E-state index is 12.1. The van der Waals surface area contributed by atoms with Crippen LogP contribution < -0.4 is 10.1 Å². The van der Waals surface area contributed by atoms with Crippen LogP contribution in [-0.2, 0) is 4.79 Å². The minimum atomic E-state index is -0.284. The van der Waals surface area contributed by atoms with Crippen LogP contribution in [0.25, 0.3) is 11.3 Å². The minimum absolute atomic E-state index is 0.0703. The molecule has 3 rings (SSSR count). The quantitative estimate of drug-likeness (QED) is 0.653. The lowest BCUT2D eigenvalue weighted by Gasteiger charge is -2.09. The third kappa shape index (κ3) is 4.36. The summed E-state index contributed by atoms with van der Waals surface area (Å²) in [6, 6.07) is 14.0. The summed E-state index contributed by atoms with van der Waals surface area (Å²) < 4.78 is 10.7. The van der Waals surface area contributed by atoms with Gasteiger partial charge in [-0.15, -0.1) is 0 Å². The molecule has 0 bridgehead atoms. The third-order valence-corrected chi connectivity index (χ3v) is 3.73. The number of ketones is 1. The van der Waals surface area contributed by atoms with Crippen LogP contribution in [0, 0.1) is 0 Å². The number of hydrogen-bond donors (Lipinski definition) is 1. The van der Waals surface area contributed by atoms with Gasteiger partial charge in [-0.3, -0.25) is 9.59 Å². The fourth-order valence-corrected chi connectivity index (χ4v) is 2.40. The van der Waals surface area contributed by atoms with Gasteiger partial charge < -0.3 is 14.5 Å². The van der Waals surface area contributed by atoms with Gasteiger partial charge in [0.05, 0.1) is 6.20 Å². The molecule has 2 aromatic carbocycles. The summed E-state index contributed by atoms with van der Waals surface area (Å²) in [7, 11) is 0. The first-order chi connectivity index (χ1) is 12.7. The molecule has 1 heterocycles. The van der Waals surface area contributed by atoms with Gasteiger partial charge in [0.1, 0.15) is 5.75 Å². The summed E-state index contributed by atoms with van der Waals surface area (Å²) in [4.78, 5) is 27.5. The van der Waals surface area contributed by atoms with Gasteiger partial charge in [-0.2, -0.15) is 0 Å². The second-order valence-electron chi connectivity index (χ2n) is 5.58. The van der Waals surface area contributed by atoms with Crippen molar-refractivity contribution < 1.29 is 18.7 Å². The molecule has 0 unspecified atom stereocenters. The van der Waals surface area contributed by atoms with Crippen LogP contribution in [-0.4, -0.2) is 23.3 Å². The van der Waals surface area contributed by atoms with E-state index in [1.165, 1.54) is 6.39 Å². The zero-order chi connectivity index (χ0) is 18.4. The second kappa shape index (κ2) is 8.11. The highest BCUT2D eigenvalue weighted by atomic mass is 16.5. The van der Waals surface area contributed by atoms with Crippen molar-refractivity contribution in [2.75, 3.05) is 11.9 Å². The third-order valence-electron chi connectivity index (χ3n) is 3.73. The smallest absolute Gasteiger partial charge is 0.262 e. The summed E-state index contributed by atoms with van der Waals surface area (Å²) in [6.07, 6.45) is 3.42. The molecule has 6 nitrogen and oxygen atoms in total. The predicted molar refractivity (Wildman–Crippen MR) is 97.1 cm³/mol. The number of nitrogens with one attached hydrogen (secondary N) is 1. The minimum Gasteiger partial charge on any atom is -0.484 e. The highest BCUT2D eigenvalue weighted by Gasteiger charge is 2.07. The van der Waals surface area contributed by atoms with Crippen LogP contribution in [0.5, 0.6) is 5.75 Å². The summed E-state index contributed by atoms with van der Waals surface area (Å²) >= 11 is 0. The Hall–Kier alpha value is -3.41. The first kappa shape index (κ1) is 17.4. The maximum atomic E-state index is 12.1. The number of anilines is 1. The summed E-state index contributed by atoms with van der Waals surface area (Å²) in [5.74, 6) is 0.941. The number of oxazole rings is 1. The molecule has 6 heteroatoms. The molecule has 3 aromatic rings. The van der Waals surface area contributed by atoms with E-state index in [-0.39, 0.29) is 18.3 Å². The zero-order valence-corrected chi connectivity index (χ0v) is 14.3. The van der Waals surface area contributed by atoms with Gasteiger partial charge in [-0.25, -0.2) is 4.98 Å². The van der Waals surface area contributed by atoms with Gasteiger partial charge in [-0.05, 0) is 36.4 Å². The zero-order valence-electron chi connectivity index (χ0n) is 14.3. The Morgan fingerprint density at radius 3 is 2.65 bits per heavy atom. The van der Waals surface area contributed by atoms with E-state index in [0.29, 0.717) is 29.2 Å². The first-order valence-corrected chi connectivity index (χ1v) is 8.20. The summed E-state index contributed by atoms with van der Waals surface area (Å²) in [5, 5.41) is 2.77. The maximum Gasteiger partial charge on any atom is 0.262 e. The number of amides is 1. The van der Waals surface area contributed by atoms with Crippen molar-refractivity contribution in [2.24, 2.45) is 0 Å². The molecule has 0 saturated heterocycles.